The number of aromatic nitrogens is 2. The van der Waals surface area contributed by atoms with Crippen molar-refractivity contribution in [3.8, 4) is 0 Å². The molecule has 0 bridgehead atoms. The maximum Gasteiger partial charge on any atom is 0.315 e. The number of amides is 1. The van der Waals surface area contributed by atoms with Crippen LogP contribution in [0.3, 0.4) is 0 Å². The van der Waals surface area contributed by atoms with Crippen LogP contribution in [0.4, 0.5) is 6.01 Å². The van der Waals surface area contributed by atoms with Crippen molar-refractivity contribution in [3.63, 3.8) is 0 Å². The van der Waals surface area contributed by atoms with E-state index in [0.29, 0.717) is 25.0 Å². The third-order valence-corrected chi connectivity index (χ3v) is 2.56. The van der Waals surface area contributed by atoms with Crippen molar-refractivity contribution in [2.24, 2.45) is 0 Å². The molecule has 7 heteroatoms. The Hall–Kier alpha value is -1.63. The second kappa shape index (κ2) is 6.34. The maximum atomic E-state index is 11.3. The summed E-state index contributed by atoms with van der Waals surface area (Å²) in [5.41, 5.74) is 0. The van der Waals surface area contributed by atoms with Crippen molar-refractivity contribution < 1.29 is 9.21 Å². The first-order chi connectivity index (χ1) is 8.78. The molecular weight excluding hydrogens is 234 g/mol. The Morgan fingerprint density at radius 2 is 2.28 bits per heavy atom. The van der Waals surface area contributed by atoms with Crippen molar-refractivity contribution in [3.05, 3.63) is 5.89 Å². The minimum absolute atomic E-state index is 0.0762. The number of hydrogen-bond donors (Lipinski definition) is 3. The van der Waals surface area contributed by atoms with Gasteiger partial charge in [0.15, 0.2) is 0 Å². The van der Waals surface area contributed by atoms with Gasteiger partial charge in [-0.15, -0.1) is 5.10 Å². The van der Waals surface area contributed by atoms with Crippen LogP contribution in [0, 0.1) is 0 Å². The third-order valence-electron chi connectivity index (χ3n) is 2.56. The second-order valence-corrected chi connectivity index (χ2v) is 4.36. The summed E-state index contributed by atoms with van der Waals surface area (Å²) in [6.45, 7) is 3.42. The molecule has 1 amide bonds. The first kappa shape index (κ1) is 12.8. The predicted molar refractivity (Wildman–Crippen MR) is 66.0 cm³/mol. The highest BCUT2D eigenvalue weighted by Gasteiger charge is 2.21. The Morgan fingerprint density at radius 3 is 3.00 bits per heavy atom. The van der Waals surface area contributed by atoms with E-state index in [0.717, 1.165) is 6.42 Å². The molecule has 18 heavy (non-hydrogen) atoms. The zero-order valence-corrected chi connectivity index (χ0v) is 10.5. The van der Waals surface area contributed by atoms with E-state index in [9.17, 15) is 4.79 Å². The van der Waals surface area contributed by atoms with Gasteiger partial charge in [0.1, 0.15) is 0 Å². The Labute approximate surface area is 106 Å². The molecule has 0 unspecified atom stereocenters. The number of carbonyl (C=O) groups excluding carboxylic acids is 1. The predicted octanol–water partition coefficient (Wildman–Crippen LogP) is 0.260. The molecule has 1 aromatic heterocycles. The van der Waals surface area contributed by atoms with Gasteiger partial charge in [0.2, 0.25) is 11.8 Å². The highest BCUT2D eigenvalue weighted by molar-refractivity contribution is 5.79. The van der Waals surface area contributed by atoms with E-state index < -0.39 is 0 Å². The zero-order chi connectivity index (χ0) is 12.8. The van der Waals surface area contributed by atoms with Crippen molar-refractivity contribution in [1.82, 2.24) is 20.8 Å². The largest absolute Gasteiger partial charge is 0.407 e. The fourth-order valence-corrected chi connectivity index (χ4v) is 1.40. The van der Waals surface area contributed by atoms with Crippen LogP contribution < -0.4 is 16.0 Å². The lowest BCUT2D eigenvalue weighted by atomic mass is 10.4. The molecule has 0 saturated heterocycles. The molecule has 1 aromatic rings. The number of carbonyl (C=O) groups is 1. The summed E-state index contributed by atoms with van der Waals surface area (Å²) in [4.78, 5) is 11.3. The molecule has 100 valence electrons. The summed E-state index contributed by atoms with van der Waals surface area (Å²) in [7, 11) is 0. The van der Waals surface area contributed by atoms with E-state index in [4.69, 9.17) is 4.42 Å². The molecule has 0 atom stereocenters. The Kier molecular flexibility index (Phi) is 4.52. The number of nitrogens with zero attached hydrogens (tertiary/aromatic N) is 2. The molecule has 2 rings (SSSR count). The van der Waals surface area contributed by atoms with Crippen molar-refractivity contribution in [2.75, 3.05) is 18.4 Å². The normalized spacial score (nSPS) is 14.5. The first-order valence-electron chi connectivity index (χ1n) is 6.34. The van der Waals surface area contributed by atoms with Gasteiger partial charge >= 0.3 is 6.01 Å². The van der Waals surface area contributed by atoms with Gasteiger partial charge in [-0.3, -0.25) is 4.79 Å². The average Bonchev–Trinajstić information content (AvgIpc) is 3.10. The van der Waals surface area contributed by atoms with Gasteiger partial charge in [0.05, 0.1) is 13.1 Å². The number of anilines is 1. The van der Waals surface area contributed by atoms with Crippen LogP contribution in [-0.2, 0) is 11.3 Å². The summed E-state index contributed by atoms with van der Waals surface area (Å²) in [6, 6.07) is 0.891. The van der Waals surface area contributed by atoms with Crippen molar-refractivity contribution in [2.45, 2.75) is 38.8 Å². The maximum absolute atomic E-state index is 11.3. The van der Waals surface area contributed by atoms with Crippen molar-refractivity contribution in [1.29, 1.82) is 0 Å². The van der Waals surface area contributed by atoms with Crippen LogP contribution in [0.2, 0.25) is 0 Å². The lowest BCUT2D eigenvalue weighted by Crippen LogP contribution is -2.30. The van der Waals surface area contributed by atoms with Gasteiger partial charge in [-0.05, 0) is 19.3 Å². The molecule has 7 nitrogen and oxygen atoms in total. The lowest BCUT2D eigenvalue weighted by Gasteiger charge is -2.02. The smallest absolute Gasteiger partial charge is 0.315 e. The fourth-order valence-electron chi connectivity index (χ4n) is 1.40. The number of rotatable bonds is 8. The topological polar surface area (TPSA) is 92.1 Å². The summed E-state index contributed by atoms with van der Waals surface area (Å²) in [6.07, 6.45) is 3.36. The highest BCUT2D eigenvalue weighted by Crippen LogP contribution is 2.19. The van der Waals surface area contributed by atoms with Gasteiger partial charge in [-0.25, -0.2) is 0 Å². The van der Waals surface area contributed by atoms with E-state index in [-0.39, 0.29) is 18.5 Å². The van der Waals surface area contributed by atoms with E-state index >= 15 is 0 Å². The molecule has 0 radical (unpaired) electrons. The summed E-state index contributed by atoms with van der Waals surface area (Å²) < 4.78 is 5.34. The molecular formula is C11H19N5O2. The van der Waals surface area contributed by atoms with Crippen LogP contribution in [0.1, 0.15) is 32.1 Å². The minimum atomic E-state index is -0.0762. The standard InChI is InChI=1S/C11H19N5O2/c1-2-5-12-9(17)6-14-11-16-15-10(18-11)7-13-8-3-4-8/h8,13H,2-7H2,1H3,(H,12,17)(H,14,16). The molecule has 0 spiro atoms. The average molecular weight is 253 g/mol. The SMILES string of the molecule is CCCNC(=O)CNc1nnc(CNC2CC2)o1. The van der Waals surface area contributed by atoms with Gasteiger partial charge in [0.25, 0.3) is 0 Å². The summed E-state index contributed by atoms with van der Waals surface area (Å²) in [5, 5.41) is 16.5. The van der Waals surface area contributed by atoms with Crippen LogP contribution in [0.5, 0.6) is 0 Å². The fraction of sp³-hybridized carbons (Fsp3) is 0.727. The molecule has 3 N–H and O–H groups in total. The van der Waals surface area contributed by atoms with Gasteiger partial charge in [-0.1, -0.05) is 12.0 Å². The zero-order valence-electron chi connectivity index (χ0n) is 10.5. The molecule has 0 aliphatic heterocycles. The van der Waals surface area contributed by atoms with Crippen LogP contribution >= 0.6 is 0 Å². The van der Waals surface area contributed by atoms with Crippen LogP contribution in [-0.4, -0.2) is 35.2 Å². The molecule has 1 heterocycles. The first-order valence-corrected chi connectivity index (χ1v) is 6.34. The van der Waals surface area contributed by atoms with Gasteiger partial charge in [0, 0.05) is 12.6 Å². The highest BCUT2D eigenvalue weighted by atomic mass is 16.4. The van der Waals surface area contributed by atoms with Crippen LogP contribution in [0.25, 0.3) is 0 Å². The second-order valence-electron chi connectivity index (χ2n) is 4.36. The molecule has 1 aliphatic carbocycles. The Bertz CT molecular complexity index is 389. The third kappa shape index (κ3) is 4.33. The Morgan fingerprint density at radius 1 is 1.44 bits per heavy atom. The summed E-state index contributed by atoms with van der Waals surface area (Å²) in [5.74, 6) is 0.464. The Balaban J connectivity index is 1.67. The van der Waals surface area contributed by atoms with E-state index in [1.54, 1.807) is 0 Å². The van der Waals surface area contributed by atoms with Crippen molar-refractivity contribution >= 4 is 11.9 Å². The molecule has 1 saturated carbocycles. The van der Waals surface area contributed by atoms with E-state index in [1.165, 1.54) is 12.8 Å². The minimum Gasteiger partial charge on any atom is -0.407 e. The molecule has 1 aliphatic rings. The van der Waals surface area contributed by atoms with Crippen LogP contribution in [0.15, 0.2) is 4.42 Å². The summed E-state index contributed by atoms with van der Waals surface area (Å²) >= 11 is 0. The van der Waals surface area contributed by atoms with Gasteiger partial charge < -0.3 is 20.4 Å². The van der Waals surface area contributed by atoms with E-state index in [2.05, 4.69) is 26.1 Å². The molecule has 0 aromatic carbocycles. The number of hydrogen-bond acceptors (Lipinski definition) is 6. The number of nitrogens with one attached hydrogen (secondary N) is 3. The quantitative estimate of drug-likeness (QED) is 0.615. The van der Waals surface area contributed by atoms with E-state index in [1.807, 2.05) is 6.92 Å². The van der Waals surface area contributed by atoms with Gasteiger partial charge in [-0.2, -0.15) is 0 Å². The molecule has 1 fully saturated rings. The lowest BCUT2D eigenvalue weighted by molar-refractivity contribution is -0.119. The monoisotopic (exact) mass is 253 g/mol.